The van der Waals surface area contributed by atoms with Gasteiger partial charge in [-0.3, -0.25) is 0 Å². The van der Waals surface area contributed by atoms with Crippen molar-refractivity contribution >= 4 is 0 Å². The molecule has 2 rings (SSSR count). The first-order valence-corrected chi connectivity index (χ1v) is 4.26. The second-order valence-corrected chi connectivity index (χ2v) is 3.42. The summed E-state index contributed by atoms with van der Waals surface area (Å²) >= 11 is 0. The predicted molar refractivity (Wildman–Crippen MR) is 44.4 cm³/mol. The van der Waals surface area contributed by atoms with Crippen LogP contribution in [-0.4, -0.2) is 5.11 Å². The molecule has 1 unspecified atom stereocenters. The van der Waals surface area contributed by atoms with E-state index >= 15 is 0 Å². The van der Waals surface area contributed by atoms with Gasteiger partial charge in [0.15, 0.2) is 0 Å². The number of hydrogen-bond donors (Lipinski definition) is 1. The third kappa shape index (κ3) is 1.15. The Morgan fingerprint density at radius 2 is 2.15 bits per heavy atom. The van der Waals surface area contributed by atoms with Gasteiger partial charge in [-0.1, -0.05) is 0 Å². The van der Waals surface area contributed by atoms with Gasteiger partial charge in [-0.2, -0.15) is 0 Å². The Labute approximate surface area is 75.0 Å². The zero-order valence-corrected chi connectivity index (χ0v) is 7.27. The number of aliphatic hydroxyl groups is 1. The lowest BCUT2D eigenvalue weighted by Crippen LogP contribution is -2.00. The van der Waals surface area contributed by atoms with Crippen molar-refractivity contribution in [3.05, 3.63) is 34.4 Å². The Bertz CT molecular complexity index is 360. The van der Waals surface area contributed by atoms with Gasteiger partial charge in [0.25, 0.3) is 0 Å². The van der Waals surface area contributed by atoms with Crippen LogP contribution in [0.25, 0.3) is 0 Å². The molecule has 0 bridgehead atoms. The van der Waals surface area contributed by atoms with Crippen LogP contribution in [0.1, 0.15) is 29.2 Å². The third-order valence-corrected chi connectivity index (χ3v) is 2.59. The summed E-state index contributed by atoms with van der Waals surface area (Å²) in [7, 11) is 0. The number of aryl methyl sites for hydroxylation is 1. The van der Waals surface area contributed by atoms with Crippen molar-refractivity contribution in [1.82, 2.24) is 0 Å². The smallest absolute Gasteiger partial charge is 0.135 e. The maximum atomic E-state index is 13.4. The molecule has 0 amide bonds. The Balaban J connectivity index is 2.68. The molecule has 1 N–H and O–H groups in total. The molecule has 0 spiro atoms. The van der Waals surface area contributed by atoms with E-state index in [0.29, 0.717) is 24.0 Å². The van der Waals surface area contributed by atoms with Crippen LogP contribution in [0, 0.1) is 18.6 Å². The maximum Gasteiger partial charge on any atom is 0.135 e. The topological polar surface area (TPSA) is 20.2 Å². The molecule has 1 aliphatic carbocycles. The van der Waals surface area contributed by atoms with Crippen LogP contribution in [0.2, 0.25) is 0 Å². The summed E-state index contributed by atoms with van der Waals surface area (Å²) in [5.74, 6) is -1.11. The van der Waals surface area contributed by atoms with E-state index in [1.54, 1.807) is 0 Å². The predicted octanol–water partition coefficient (Wildman–Crippen LogP) is 2.25. The number of hydrogen-bond acceptors (Lipinski definition) is 1. The van der Waals surface area contributed by atoms with Gasteiger partial charge in [0, 0.05) is 11.1 Å². The van der Waals surface area contributed by atoms with E-state index in [9.17, 15) is 13.9 Å². The number of rotatable bonds is 0. The summed E-state index contributed by atoms with van der Waals surface area (Å²) < 4.78 is 26.5. The van der Waals surface area contributed by atoms with E-state index in [4.69, 9.17) is 0 Å². The summed E-state index contributed by atoms with van der Waals surface area (Å²) in [6.45, 7) is 1.38. The van der Waals surface area contributed by atoms with Gasteiger partial charge in [-0.05, 0) is 31.4 Å². The Hall–Kier alpha value is -0.960. The van der Waals surface area contributed by atoms with E-state index in [0.717, 1.165) is 0 Å². The summed E-state index contributed by atoms with van der Waals surface area (Å²) in [6, 6.07) is 1.32. The quantitative estimate of drug-likeness (QED) is 0.655. The van der Waals surface area contributed by atoms with Crippen molar-refractivity contribution < 1.29 is 13.9 Å². The van der Waals surface area contributed by atoms with E-state index in [1.807, 2.05) is 0 Å². The first-order valence-electron chi connectivity index (χ1n) is 4.26. The number of fused-ring (bicyclic) bond motifs is 1. The molecule has 1 atom stereocenters. The standard InChI is InChI=1S/C10H10F2O/c1-5-7(11)4-6-2-3-8(13)9(6)10(5)12/h4,8,13H,2-3H2,1H3. The van der Waals surface area contributed by atoms with Gasteiger partial charge in [-0.25, -0.2) is 8.78 Å². The van der Waals surface area contributed by atoms with Crippen LogP contribution in [0.4, 0.5) is 8.78 Å². The van der Waals surface area contributed by atoms with E-state index in [-0.39, 0.29) is 5.56 Å². The number of benzene rings is 1. The van der Waals surface area contributed by atoms with E-state index in [1.165, 1.54) is 13.0 Å². The Kier molecular flexibility index (Phi) is 1.84. The van der Waals surface area contributed by atoms with Crippen LogP contribution >= 0.6 is 0 Å². The average molecular weight is 184 g/mol. The van der Waals surface area contributed by atoms with Gasteiger partial charge in [0.05, 0.1) is 6.10 Å². The molecule has 0 aliphatic heterocycles. The number of halogens is 2. The second kappa shape index (κ2) is 2.77. The molecular formula is C10H10F2O. The highest BCUT2D eigenvalue weighted by molar-refractivity contribution is 5.39. The summed E-state index contributed by atoms with van der Waals surface area (Å²) in [6.07, 6.45) is 0.300. The van der Waals surface area contributed by atoms with Gasteiger partial charge in [0.1, 0.15) is 11.6 Å². The third-order valence-electron chi connectivity index (χ3n) is 2.59. The fourth-order valence-electron chi connectivity index (χ4n) is 1.79. The van der Waals surface area contributed by atoms with Gasteiger partial charge in [0.2, 0.25) is 0 Å². The lowest BCUT2D eigenvalue weighted by molar-refractivity contribution is 0.175. The summed E-state index contributed by atoms with van der Waals surface area (Å²) in [5.41, 5.74) is 0.895. The average Bonchev–Trinajstić information content (AvgIpc) is 2.43. The zero-order chi connectivity index (χ0) is 9.59. The van der Waals surface area contributed by atoms with Crippen molar-refractivity contribution in [2.24, 2.45) is 0 Å². The van der Waals surface area contributed by atoms with Crippen LogP contribution in [0.15, 0.2) is 6.07 Å². The van der Waals surface area contributed by atoms with E-state index in [2.05, 4.69) is 0 Å². The summed E-state index contributed by atoms with van der Waals surface area (Å²) in [4.78, 5) is 0. The molecule has 0 saturated heterocycles. The van der Waals surface area contributed by atoms with Crippen molar-refractivity contribution in [2.45, 2.75) is 25.9 Å². The van der Waals surface area contributed by atoms with Crippen LogP contribution in [-0.2, 0) is 6.42 Å². The molecule has 1 nitrogen and oxygen atoms in total. The lowest BCUT2D eigenvalue weighted by atomic mass is 10.0. The molecule has 1 aromatic carbocycles. The van der Waals surface area contributed by atoms with Gasteiger partial charge >= 0.3 is 0 Å². The first kappa shape index (κ1) is 8.63. The highest BCUT2D eigenvalue weighted by atomic mass is 19.1. The Morgan fingerprint density at radius 1 is 1.46 bits per heavy atom. The fraction of sp³-hybridized carbons (Fsp3) is 0.400. The molecule has 1 aliphatic rings. The van der Waals surface area contributed by atoms with Crippen molar-refractivity contribution in [3.8, 4) is 0 Å². The van der Waals surface area contributed by atoms with Crippen LogP contribution in [0.3, 0.4) is 0 Å². The Morgan fingerprint density at radius 3 is 2.85 bits per heavy atom. The van der Waals surface area contributed by atoms with E-state index < -0.39 is 17.7 Å². The summed E-state index contributed by atoms with van der Waals surface area (Å²) in [5, 5.41) is 9.42. The maximum absolute atomic E-state index is 13.4. The minimum absolute atomic E-state index is 0.000278. The molecule has 1 aromatic rings. The fourth-order valence-corrected chi connectivity index (χ4v) is 1.79. The lowest BCUT2D eigenvalue weighted by Gasteiger charge is -2.08. The normalized spacial score (nSPS) is 20.5. The first-order chi connectivity index (χ1) is 6.11. The molecule has 0 radical (unpaired) electrons. The van der Waals surface area contributed by atoms with Gasteiger partial charge < -0.3 is 5.11 Å². The largest absolute Gasteiger partial charge is 0.388 e. The van der Waals surface area contributed by atoms with Crippen molar-refractivity contribution in [2.75, 3.05) is 0 Å². The van der Waals surface area contributed by atoms with Crippen LogP contribution < -0.4 is 0 Å². The highest BCUT2D eigenvalue weighted by Crippen LogP contribution is 2.35. The SMILES string of the molecule is Cc1c(F)cc2c(c1F)C(O)CC2. The molecular weight excluding hydrogens is 174 g/mol. The number of aliphatic hydroxyl groups excluding tert-OH is 1. The van der Waals surface area contributed by atoms with Gasteiger partial charge in [-0.15, -0.1) is 0 Å². The molecule has 70 valence electrons. The second-order valence-electron chi connectivity index (χ2n) is 3.42. The monoisotopic (exact) mass is 184 g/mol. The minimum Gasteiger partial charge on any atom is -0.388 e. The molecule has 0 fully saturated rings. The highest BCUT2D eigenvalue weighted by Gasteiger charge is 2.26. The van der Waals surface area contributed by atoms with Crippen molar-refractivity contribution in [1.29, 1.82) is 0 Å². The van der Waals surface area contributed by atoms with Crippen molar-refractivity contribution in [3.63, 3.8) is 0 Å². The molecule has 3 heteroatoms. The van der Waals surface area contributed by atoms with Crippen LogP contribution in [0.5, 0.6) is 0 Å². The zero-order valence-electron chi connectivity index (χ0n) is 7.27. The molecule has 0 heterocycles. The molecule has 0 aromatic heterocycles. The molecule has 13 heavy (non-hydrogen) atoms. The molecule has 0 saturated carbocycles. The minimum atomic E-state index is -0.755.